The number of aliphatic imine (C=N–C) groups is 1. The lowest BCUT2D eigenvalue weighted by Gasteiger charge is -2.26. The quantitative estimate of drug-likeness (QED) is 0.335. The van der Waals surface area contributed by atoms with Crippen LogP contribution in [-0.2, 0) is 19.6 Å². The molecule has 2 N–H and O–H groups in total. The number of likely N-dealkylation sites (tertiary alicyclic amines) is 1. The molecular formula is C23H33IN4O. The van der Waals surface area contributed by atoms with Gasteiger partial charge in [-0.05, 0) is 54.8 Å². The van der Waals surface area contributed by atoms with Crippen molar-refractivity contribution in [3.05, 3.63) is 65.2 Å². The van der Waals surface area contributed by atoms with Crippen molar-refractivity contribution in [2.45, 2.75) is 38.9 Å². The second-order valence-corrected chi connectivity index (χ2v) is 7.28. The molecule has 0 saturated carbocycles. The van der Waals surface area contributed by atoms with Crippen LogP contribution in [0, 0.1) is 0 Å². The number of nitrogens with one attached hydrogen (secondary N) is 2. The van der Waals surface area contributed by atoms with Gasteiger partial charge in [-0.25, -0.2) is 0 Å². The van der Waals surface area contributed by atoms with Crippen LogP contribution in [0.2, 0.25) is 0 Å². The third-order valence-electron chi connectivity index (χ3n) is 5.16. The number of halogens is 1. The summed E-state index contributed by atoms with van der Waals surface area (Å²) in [5.41, 5.74) is 3.81. The highest BCUT2D eigenvalue weighted by Gasteiger charge is 2.10. The summed E-state index contributed by atoms with van der Waals surface area (Å²) >= 11 is 0. The molecule has 0 radical (unpaired) electrons. The number of benzene rings is 2. The minimum absolute atomic E-state index is 0. The van der Waals surface area contributed by atoms with Gasteiger partial charge in [-0.3, -0.25) is 9.89 Å². The van der Waals surface area contributed by atoms with E-state index in [-0.39, 0.29) is 24.0 Å². The van der Waals surface area contributed by atoms with Crippen LogP contribution in [-0.4, -0.2) is 38.1 Å². The molecule has 1 heterocycles. The summed E-state index contributed by atoms with van der Waals surface area (Å²) in [5, 5.41) is 6.73. The summed E-state index contributed by atoms with van der Waals surface area (Å²) in [5.74, 6) is 1.66. The van der Waals surface area contributed by atoms with Gasteiger partial charge in [0.15, 0.2) is 5.96 Å². The van der Waals surface area contributed by atoms with Crippen molar-refractivity contribution >= 4 is 29.9 Å². The highest BCUT2D eigenvalue weighted by Crippen LogP contribution is 2.14. The van der Waals surface area contributed by atoms with E-state index in [0.29, 0.717) is 6.54 Å². The van der Waals surface area contributed by atoms with Crippen LogP contribution >= 0.6 is 24.0 Å². The Morgan fingerprint density at radius 2 is 1.59 bits per heavy atom. The van der Waals surface area contributed by atoms with E-state index in [1.165, 1.54) is 43.5 Å². The molecule has 2 aromatic carbocycles. The number of hydrogen-bond acceptors (Lipinski definition) is 3. The first-order chi connectivity index (χ1) is 13.8. The smallest absolute Gasteiger partial charge is 0.191 e. The van der Waals surface area contributed by atoms with Gasteiger partial charge in [-0.1, -0.05) is 42.8 Å². The lowest BCUT2D eigenvalue weighted by atomic mass is 10.1. The van der Waals surface area contributed by atoms with Crippen molar-refractivity contribution in [3.8, 4) is 5.75 Å². The maximum atomic E-state index is 5.27. The number of ether oxygens (including phenoxy) is 1. The van der Waals surface area contributed by atoms with Gasteiger partial charge < -0.3 is 15.4 Å². The van der Waals surface area contributed by atoms with E-state index in [2.05, 4.69) is 50.9 Å². The molecule has 158 valence electrons. The van der Waals surface area contributed by atoms with E-state index in [9.17, 15) is 0 Å². The molecule has 6 heteroatoms. The van der Waals surface area contributed by atoms with Crippen molar-refractivity contribution in [1.82, 2.24) is 15.5 Å². The Hall–Kier alpha value is -1.80. The summed E-state index contributed by atoms with van der Waals surface area (Å²) in [7, 11) is 3.48. The summed E-state index contributed by atoms with van der Waals surface area (Å²) in [6, 6.07) is 17.0. The lowest BCUT2D eigenvalue weighted by molar-refractivity contribution is 0.221. The van der Waals surface area contributed by atoms with Crippen molar-refractivity contribution in [2.24, 2.45) is 4.99 Å². The van der Waals surface area contributed by atoms with Crippen molar-refractivity contribution < 1.29 is 4.74 Å². The molecule has 1 saturated heterocycles. The van der Waals surface area contributed by atoms with E-state index in [1.54, 1.807) is 14.2 Å². The van der Waals surface area contributed by atoms with Crippen molar-refractivity contribution in [2.75, 3.05) is 27.2 Å². The Morgan fingerprint density at radius 1 is 0.931 bits per heavy atom. The fourth-order valence-corrected chi connectivity index (χ4v) is 3.51. The monoisotopic (exact) mass is 508 g/mol. The predicted molar refractivity (Wildman–Crippen MR) is 131 cm³/mol. The molecule has 5 nitrogen and oxygen atoms in total. The van der Waals surface area contributed by atoms with Gasteiger partial charge in [-0.2, -0.15) is 0 Å². The first-order valence-corrected chi connectivity index (χ1v) is 10.1. The van der Waals surface area contributed by atoms with Crippen LogP contribution in [0.5, 0.6) is 5.75 Å². The molecular weight excluding hydrogens is 475 g/mol. The SMILES string of the molecule is CN=C(NCc1ccc(CN2CCCCC2)cc1)NCc1cccc(OC)c1.I. The van der Waals surface area contributed by atoms with E-state index in [0.717, 1.165) is 30.4 Å². The van der Waals surface area contributed by atoms with Gasteiger partial charge in [-0.15, -0.1) is 24.0 Å². The molecule has 0 atom stereocenters. The highest BCUT2D eigenvalue weighted by atomic mass is 127. The lowest BCUT2D eigenvalue weighted by Crippen LogP contribution is -2.36. The number of guanidine groups is 1. The second kappa shape index (κ2) is 12.7. The topological polar surface area (TPSA) is 48.9 Å². The van der Waals surface area contributed by atoms with Crippen LogP contribution in [0.25, 0.3) is 0 Å². The molecule has 3 rings (SSSR count). The zero-order valence-electron chi connectivity index (χ0n) is 17.5. The van der Waals surface area contributed by atoms with Gasteiger partial charge in [0.1, 0.15) is 5.75 Å². The van der Waals surface area contributed by atoms with E-state index in [1.807, 2.05) is 18.2 Å². The van der Waals surface area contributed by atoms with Crippen molar-refractivity contribution in [3.63, 3.8) is 0 Å². The zero-order chi connectivity index (χ0) is 19.6. The van der Waals surface area contributed by atoms with Crippen molar-refractivity contribution in [1.29, 1.82) is 0 Å². The van der Waals surface area contributed by atoms with E-state index < -0.39 is 0 Å². The molecule has 0 bridgehead atoms. The molecule has 0 unspecified atom stereocenters. The fraction of sp³-hybridized carbons (Fsp3) is 0.435. The molecule has 0 aliphatic carbocycles. The van der Waals surface area contributed by atoms with Crippen LogP contribution in [0.4, 0.5) is 0 Å². The Morgan fingerprint density at radius 3 is 2.24 bits per heavy atom. The van der Waals surface area contributed by atoms with Crippen LogP contribution in [0.1, 0.15) is 36.0 Å². The van der Waals surface area contributed by atoms with Crippen LogP contribution in [0.3, 0.4) is 0 Å². The largest absolute Gasteiger partial charge is 0.497 e. The predicted octanol–water partition coefficient (Wildman–Crippen LogP) is 4.16. The third-order valence-corrected chi connectivity index (χ3v) is 5.16. The van der Waals surface area contributed by atoms with Gasteiger partial charge in [0.25, 0.3) is 0 Å². The summed E-state index contributed by atoms with van der Waals surface area (Å²) in [6.45, 7) is 4.99. The molecule has 1 aliphatic heterocycles. The Bertz CT molecular complexity index is 758. The summed E-state index contributed by atoms with van der Waals surface area (Å²) < 4.78 is 5.27. The van der Waals surface area contributed by atoms with E-state index in [4.69, 9.17) is 4.74 Å². The van der Waals surface area contributed by atoms with Crippen LogP contribution < -0.4 is 15.4 Å². The molecule has 0 spiro atoms. The van der Waals surface area contributed by atoms with Gasteiger partial charge in [0, 0.05) is 26.7 Å². The highest BCUT2D eigenvalue weighted by molar-refractivity contribution is 14.0. The first kappa shape index (κ1) is 23.5. The maximum absolute atomic E-state index is 5.27. The fourth-order valence-electron chi connectivity index (χ4n) is 3.51. The number of piperidine rings is 1. The van der Waals surface area contributed by atoms with Gasteiger partial charge in [0.05, 0.1) is 7.11 Å². The zero-order valence-corrected chi connectivity index (χ0v) is 19.8. The number of rotatable bonds is 7. The third kappa shape index (κ3) is 7.85. The first-order valence-electron chi connectivity index (χ1n) is 10.1. The maximum Gasteiger partial charge on any atom is 0.191 e. The standard InChI is InChI=1S/C23H32N4O.HI/c1-24-23(26-17-21-7-6-8-22(15-21)28-2)25-16-19-9-11-20(12-10-19)18-27-13-4-3-5-14-27;/h6-12,15H,3-5,13-14,16-18H2,1-2H3,(H2,24,25,26);1H. The molecule has 1 aliphatic rings. The average molecular weight is 508 g/mol. The molecule has 0 aromatic heterocycles. The minimum Gasteiger partial charge on any atom is -0.497 e. The number of hydrogen-bond donors (Lipinski definition) is 2. The second-order valence-electron chi connectivity index (χ2n) is 7.28. The molecule has 0 amide bonds. The number of methoxy groups -OCH3 is 1. The molecule has 29 heavy (non-hydrogen) atoms. The van der Waals surface area contributed by atoms with Crippen LogP contribution in [0.15, 0.2) is 53.5 Å². The Labute approximate surface area is 192 Å². The number of nitrogens with zero attached hydrogens (tertiary/aromatic N) is 2. The van der Waals surface area contributed by atoms with Gasteiger partial charge >= 0.3 is 0 Å². The summed E-state index contributed by atoms with van der Waals surface area (Å²) in [4.78, 5) is 6.87. The average Bonchev–Trinajstić information content (AvgIpc) is 2.76. The molecule has 1 fully saturated rings. The Balaban J connectivity index is 0.00000300. The van der Waals surface area contributed by atoms with E-state index >= 15 is 0 Å². The summed E-state index contributed by atoms with van der Waals surface area (Å²) in [6.07, 6.45) is 4.06. The normalized spacial score (nSPS) is 14.8. The molecule has 2 aromatic rings. The van der Waals surface area contributed by atoms with Gasteiger partial charge in [0.2, 0.25) is 0 Å². The minimum atomic E-state index is 0. The Kier molecular flexibility index (Phi) is 10.3.